The van der Waals surface area contributed by atoms with Gasteiger partial charge in [-0.2, -0.15) is 0 Å². The minimum absolute atomic E-state index is 0.167. The van der Waals surface area contributed by atoms with Crippen LogP contribution in [0.4, 0.5) is 5.82 Å². The highest BCUT2D eigenvalue weighted by Crippen LogP contribution is 2.37. The number of hydrogen-bond acceptors (Lipinski definition) is 3. The summed E-state index contributed by atoms with van der Waals surface area (Å²) >= 11 is 17.0. The molecular weight excluding hydrogens is 244 g/mol. The Bertz CT molecular complexity index is 373. The highest BCUT2D eigenvalue weighted by atomic mass is 35.6. The molecule has 76 valence electrons. The van der Waals surface area contributed by atoms with Crippen molar-refractivity contribution in [3.63, 3.8) is 0 Å². The molecule has 0 aromatic carbocycles. The molecule has 1 aliphatic rings. The number of alkyl halides is 3. The van der Waals surface area contributed by atoms with Crippen molar-refractivity contribution < 1.29 is 0 Å². The molecule has 14 heavy (non-hydrogen) atoms. The van der Waals surface area contributed by atoms with Crippen LogP contribution in [0.2, 0.25) is 0 Å². The van der Waals surface area contributed by atoms with E-state index in [0.717, 1.165) is 30.5 Å². The molecule has 3 nitrogen and oxygen atoms in total. The third-order valence-electron chi connectivity index (χ3n) is 2.22. The van der Waals surface area contributed by atoms with E-state index in [1.165, 1.54) is 0 Å². The summed E-state index contributed by atoms with van der Waals surface area (Å²) in [6, 6.07) is 0. The van der Waals surface area contributed by atoms with E-state index in [4.69, 9.17) is 40.5 Å². The van der Waals surface area contributed by atoms with Gasteiger partial charge in [-0.1, -0.05) is 34.8 Å². The summed E-state index contributed by atoms with van der Waals surface area (Å²) in [4.78, 5) is 8.19. The molecule has 0 spiro atoms. The van der Waals surface area contributed by atoms with Crippen LogP contribution in [0.15, 0.2) is 0 Å². The maximum Gasteiger partial charge on any atom is 0.250 e. The standard InChI is InChI=1S/C8H8Cl3N3/c9-8(10,11)7-13-5-3-1-2-4(5)6(12)14-7/h1-3H2,(H2,12,13,14). The van der Waals surface area contributed by atoms with E-state index in [2.05, 4.69) is 9.97 Å². The fourth-order valence-corrected chi connectivity index (χ4v) is 1.84. The molecule has 0 saturated heterocycles. The van der Waals surface area contributed by atoms with Crippen molar-refractivity contribution >= 4 is 40.6 Å². The van der Waals surface area contributed by atoms with Gasteiger partial charge >= 0.3 is 0 Å². The molecule has 1 heterocycles. The van der Waals surface area contributed by atoms with Gasteiger partial charge in [-0.15, -0.1) is 0 Å². The number of aryl methyl sites for hydroxylation is 1. The quantitative estimate of drug-likeness (QED) is 0.721. The zero-order valence-electron chi connectivity index (χ0n) is 7.23. The van der Waals surface area contributed by atoms with Gasteiger partial charge in [-0.25, -0.2) is 9.97 Å². The molecule has 0 fully saturated rings. The van der Waals surface area contributed by atoms with Gasteiger partial charge in [0.25, 0.3) is 0 Å². The van der Waals surface area contributed by atoms with Gasteiger partial charge in [0, 0.05) is 11.3 Å². The maximum absolute atomic E-state index is 5.74. The van der Waals surface area contributed by atoms with E-state index in [-0.39, 0.29) is 5.82 Å². The highest BCUT2D eigenvalue weighted by Gasteiger charge is 2.29. The predicted octanol–water partition coefficient (Wildman–Crippen LogP) is 2.37. The molecule has 2 rings (SSSR count). The molecule has 0 bridgehead atoms. The van der Waals surface area contributed by atoms with Crippen molar-refractivity contribution in [1.82, 2.24) is 9.97 Å². The van der Waals surface area contributed by atoms with E-state index in [0.29, 0.717) is 5.82 Å². The maximum atomic E-state index is 5.74. The zero-order chi connectivity index (χ0) is 10.3. The second-order valence-electron chi connectivity index (χ2n) is 3.21. The topological polar surface area (TPSA) is 51.8 Å². The van der Waals surface area contributed by atoms with Gasteiger partial charge < -0.3 is 5.73 Å². The number of rotatable bonds is 0. The van der Waals surface area contributed by atoms with Crippen LogP contribution in [0, 0.1) is 0 Å². The van der Waals surface area contributed by atoms with Gasteiger partial charge in [0.15, 0.2) is 5.82 Å². The van der Waals surface area contributed by atoms with Crippen molar-refractivity contribution in [2.24, 2.45) is 0 Å². The van der Waals surface area contributed by atoms with Crippen LogP contribution < -0.4 is 5.73 Å². The Morgan fingerprint density at radius 3 is 2.50 bits per heavy atom. The van der Waals surface area contributed by atoms with E-state index in [1.54, 1.807) is 0 Å². The Morgan fingerprint density at radius 2 is 1.86 bits per heavy atom. The van der Waals surface area contributed by atoms with Crippen LogP contribution in [0.1, 0.15) is 23.5 Å². The van der Waals surface area contributed by atoms with Crippen LogP contribution in [-0.4, -0.2) is 9.97 Å². The molecule has 0 saturated carbocycles. The monoisotopic (exact) mass is 251 g/mol. The second-order valence-corrected chi connectivity index (χ2v) is 5.49. The van der Waals surface area contributed by atoms with E-state index in [9.17, 15) is 0 Å². The van der Waals surface area contributed by atoms with Gasteiger partial charge in [-0.05, 0) is 19.3 Å². The first-order valence-electron chi connectivity index (χ1n) is 4.21. The average Bonchev–Trinajstić information content (AvgIpc) is 2.50. The van der Waals surface area contributed by atoms with Gasteiger partial charge in [-0.3, -0.25) is 0 Å². The zero-order valence-corrected chi connectivity index (χ0v) is 9.49. The number of nitrogens with two attached hydrogens (primary N) is 1. The minimum Gasteiger partial charge on any atom is -0.383 e. The molecule has 1 aromatic rings. The molecule has 0 atom stereocenters. The van der Waals surface area contributed by atoms with Gasteiger partial charge in [0.05, 0.1) is 0 Å². The molecule has 0 unspecified atom stereocenters. The highest BCUT2D eigenvalue weighted by molar-refractivity contribution is 6.66. The minimum atomic E-state index is -1.59. The van der Waals surface area contributed by atoms with Crippen molar-refractivity contribution in [2.45, 2.75) is 23.1 Å². The number of halogens is 3. The molecule has 2 N–H and O–H groups in total. The molecule has 0 aliphatic heterocycles. The normalized spacial score (nSPS) is 15.6. The molecule has 1 aromatic heterocycles. The molecule has 0 radical (unpaired) electrons. The summed E-state index contributed by atoms with van der Waals surface area (Å²) in [6.07, 6.45) is 2.84. The summed E-state index contributed by atoms with van der Waals surface area (Å²) in [5.41, 5.74) is 7.66. The summed E-state index contributed by atoms with van der Waals surface area (Å²) in [6.45, 7) is 0. The first-order chi connectivity index (χ1) is 6.48. The van der Waals surface area contributed by atoms with Gasteiger partial charge in [0.2, 0.25) is 3.79 Å². The first kappa shape index (κ1) is 10.3. The van der Waals surface area contributed by atoms with Crippen molar-refractivity contribution in [3.8, 4) is 0 Å². The van der Waals surface area contributed by atoms with Crippen molar-refractivity contribution in [2.75, 3.05) is 5.73 Å². The SMILES string of the molecule is Nc1nc(C(Cl)(Cl)Cl)nc2c1CCC2. The van der Waals surface area contributed by atoms with Crippen LogP contribution in [0.25, 0.3) is 0 Å². The Morgan fingerprint density at radius 1 is 1.14 bits per heavy atom. The molecule has 6 heteroatoms. The molecular formula is C8H8Cl3N3. The van der Waals surface area contributed by atoms with Crippen LogP contribution in [0.5, 0.6) is 0 Å². The lowest BCUT2D eigenvalue weighted by Gasteiger charge is -2.11. The lowest BCUT2D eigenvalue weighted by atomic mass is 10.2. The summed E-state index contributed by atoms with van der Waals surface area (Å²) < 4.78 is -1.59. The second kappa shape index (κ2) is 3.40. The fourth-order valence-electron chi connectivity index (χ4n) is 1.59. The van der Waals surface area contributed by atoms with Crippen LogP contribution in [0.3, 0.4) is 0 Å². The lowest BCUT2D eigenvalue weighted by Crippen LogP contribution is -2.12. The Hall–Kier alpha value is -0.250. The number of hydrogen-bond donors (Lipinski definition) is 1. The Kier molecular flexibility index (Phi) is 2.50. The number of nitrogens with zero attached hydrogens (tertiary/aromatic N) is 2. The third-order valence-corrected chi connectivity index (χ3v) is 2.73. The summed E-state index contributed by atoms with van der Waals surface area (Å²) in [5.74, 6) is 0.606. The average molecular weight is 253 g/mol. The van der Waals surface area contributed by atoms with Crippen LogP contribution >= 0.6 is 34.8 Å². The van der Waals surface area contributed by atoms with Gasteiger partial charge in [0.1, 0.15) is 5.82 Å². The molecule has 1 aliphatic carbocycles. The Balaban J connectivity index is 2.52. The van der Waals surface area contributed by atoms with Crippen LogP contribution in [-0.2, 0) is 16.6 Å². The van der Waals surface area contributed by atoms with E-state index < -0.39 is 3.79 Å². The largest absolute Gasteiger partial charge is 0.383 e. The lowest BCUT2D eigenvalue weighted by molar-refractivity contribution is 0.885. The molecule has 0 amide bonds. The smallest absolute Gasteiger partial charge is 0.250 e. The number of fused-ring (bicyclic) bond motifs is 1. The number of aromatic nitrogens is 2. The first-order valence-corrected chi connectivity index (χ1v) is 5.34. The third kappa shape index (κ3) is 1.76. The fraction of sp³-hybridized carbons (Fsp3) is 0.500. The summed E-state index contributed by atoms with van der Waals surface area (Å²) in [7, 11) is 0. The van der Waals surface area contributed by atoms with Crippen molar-refractivity contribution in [1.29, 1.82) is 0 Å². The van der Waals surface area contributed by atoms with E-state index in [1.807, 2.05) is 0 Å². The number of nitrogen functional groups attached to an aromatic ring is 1. The predicted molar refractivity (Wildman–Crippen MR) is 57.7 cm³/mol. The number of anilines is 1. The Labute approximate surface area is 96.6 Å². The summed E-state index contributed by atoms with van der Waals surface area (Å²) in [5, 5.41) is 0. The van der Waals surface area contributed by atoms with E-state index >= 15 is 0 Å². The van der Waals surface area contributed by atoms with Crippen molar-refractivity contribution in [3.05, 3.63) is 17.1 Å².